The number of aromatic nitrogens is 2. The number of hydrogen-bond donors (Lipinski definition) is 2. The number of rotatable bonds is 2. The molecule has 1 amide bonds. The zero-order valence-electron chi connectivity index (χ0n) is 9.57. The van der Waals surface area contributed by atoms with Gasteiger partial charge in [-0.3, -0.25) is 4.79 Å². The van der Waals surface area contributed by atoms with Crippen LogP contribution in [0.5, 0.6) is 0 Å². The third kappa shape index (κ3) is 2.41. The molecule has 0 bridgehead atoms. The minimum absolute atomic E-state index is 0.0319. The molecule has 16 heavy (non-hydrogen) atoms. The van der Waals surface area contributed by atoms with Gasteiger partial charge in [0.1, 0.15) is 5.69 Å². The van der Waals surface area contributed by atoms with Crippen molar-refractivity contribution in [2.45, 2.75) is 25.3 Å². The highest BCUT2D eigenvalue weighted by atomic mass is 16.2. The fourth-order valence-corrected chi connectivity index (χ4v) is 2.12. The van der Waals surface area contributed by atoms with Crippen molar-refractivity contribution in [2.24, 2.45) is 0 Å². The van der Waals surface area contributed by atoms with E-state index < -0.39 is 0 Å². The van der Waals surface area contributed by atoms with Crippen LogP contribution in [-0.2, 0) is 0 Å². The second kappa shape index (κ2) is 5.12. The number of hydrogen-bond acceptors (Lipinski definition) is 3. The van der Waals surface area contributed by atoms with Gasteiger partial charge in [-0.25, -0.2) is 4.98 Å². The van der Waals surface area contributed by atoms with E-state index in [1.165, 1.54) is 6.33 Å². The van der Waals surface area contributed by atoms with Gasteiger partial charge in [-0.15, -0.1) is 0 Å². The highest BCUT2D eigenvalue weighted by Gasteiger charge is 2.22. The summed E-state index contributed by atoms with van der Waals surface area (Å²) in [5.74, 6) is 0.0319. The van der Waals surface area contributed by atoms with Gasteiger partial charge >= 0.3 is 0 Å². The number of nitrogens with zero attached hydrogens (tertiary/aromatic N) is 2. The summed E-state index contributed by atoms with van der Waals surface area (Å²) in [6, 6.07) is 0.339. The van der Waals surface area contributed by atoms with Crippen LogP contribution in [0.15, 0.2) is 12.5 Å². The molecule has 1 aliphatic heterocycles. The lowest BCUT2D eigenvalue weighted by Crippen LogP contribution is -2.37. The van der Waals surface area contributed by atoms with Gasteiger partial charge in [0.25, 0.3) is 5.91 Å². The molecule has 1 unspecified atom stereocenters. The number of imidazole rings is 1. The fraction of sp³-hybridized carbons (Fsp3) is 0.636. The third-order valence-corrected chi connectivity index (χ3v) is 3.14. The molecule has 2 N–H and O–H groups in total. The first-order chi connectivity index (χ1) is 7.79. The van der Waals surface area contributed by atoms with E-state index in [2.05, 4.69) is 15.3 Å². The Kier molecular flexibility index (Phi) is 3.56. The SMILES string of the molecule is CN(C(=O)c1cnc[nH]1)C1CCCNCC1. The minimum atomic E-state index is 0.0319. The largest absolute Gasteiger partial charge is 0.341 e. The summed E-state index contributed by atoms with van der Waals surface area (Å²) in [5, 5.41) is 3.35. The van der Waals surface area contributed by atoms with Gasteiger partial charge < -0.3 is 15.2 Å². The second-order valence-corrected chi connectivity index (χ2v) is 4.22. The van der Waals surface area contributed by atoms with Crippen LogP contribution in [-0.4, -0.2) is 47.0 Å². The Morgan fingerprint density at radius 1 is 1.50 bits per heavy atom. The van der Waals surface area contributed by atoms with Gasteiger partial charge in [0.05, 0.1) is 12.5 Å². The molecule has 2 rings (SSSR count). The van der Waals surface area contributed by atoms with Crippen molar-refractivity contribution in [3.8, 4) is 0 Å². The topological polar surface area (TPSA) is 61.0 Å². The van der Waals surface area contributed by atoms with Crippen molar-refractivity contribution in [1.82, 2.24) is 20.2 Å². The quantitative estimate of drug-likeness (QED) is 0.771. The maximum Gasteiger partial charge on any atom is 0.271 e. The van der Waals surface area contributed by atoms with Gasteiger partial charge in [0, 0.05) is 13.1 Å². The Labute approximate surface area is 95.2 Å². The first kappa shape index (κ1) is 11.1. The number of aromatic amines is 1. The van der Waals surface area contributed by atoms with Crippen molar-refractivity contribution >= 4 is 5.91 Å². The average molecular weight is 222 g/mol. The summed E-state index contributed by atoms with van der Waals surface area (Å²) in [7, 11) is 1.87. The first-order valence-corrected chi connectivity index (χ1v) is 5.75. The predicted octanol–water partition coefficient (Wildman–Crippen LogP) is 0.624. The van der Waals surface area contributed by atoms with Crippen molar-refractivity contribution in [2.75, 3.05) is 20.1 Å². The molecule has 1 atom stereocenters. The normalized spacial score (nSPS) is 21.4. The number of nitrogens with one attached hydrogen (secondary N) is 2. The van der Waals surface area contributed by atoms with E-state index in [9.17, 15) is 4.79 Å². The smallest absolute Gasteiger partial charge is 0.271 e. The van der Waals surface area contributed by atoms with E-state index in [0.717, 1.165) is 32.4 Å². The zero-order valence-corrected chi connectivity index (χ0v) is 9.57. The summed E-state index contributed by atoms with van der Waals surface area (Å²) < 4.78 is 0. The zero-order chi connectivity index (χ0) is 11.4. The molecular weight excluding hydrogens is 204 g/mol. The Balaban J connectivity index is 2.00. The first-order valence-electron chi connectivity index (χ1n) is 5.75. The lowest BCUT2D eigenvalue weighted by molar-refractivity contribution is 0.0715. The fourth-order valence-electron chi connectivity index (χ4n) is 2.12. The van der Waals surface area contributed by atoms with Gasteiger partial charge in [-0.05, 0) is 32.4 Å². The maximum atomic E-state index is 12.1. The summed E-state index contributed by atoms with van der Waals surface area (Å²) in [6.07, 6.45) is 6.34. The summed E-state index contributed by atoms with van der Waals surface area (Å²) in [6.45, 7) is 2.05. The van der Waals surface area contributed by atoms with Crippen LogP contribution < -0.4 is 5.32 Å². The molecule has 5 heteroatoms. The molecule has 0 spiro atoms. The van der Waals surface area contributed by atoms with Crippen molar-refractivity contribution in [3.63, 3.8) is 0 Å². The molecule has 1 fully saturated rings. The van der Waals surface area contributed by atoms with E-state index in [1.54, 1.807) is 6.20 Å². The van der Waals surface area contributed by atoms with Crippen LogP contribution in [0, 0.1) is 0 Å². The third-order valence-electron chi connectivity index (χ3n) is 3.14. The van der Waals surface area contributed by atoms with Crippen molar-refractivity contribution < 1.29 is 4.79 Å². The lowest BCUT2D eigenvalue weighted by Gasteiger charge is -2.26. The second-order valence-electron chi connectivity index (χ2n) is 4.22. The number of carbonyl (C=O) groups excluding carboxylic acids is 1. The van der Waals surface area contributed by atoms with Gasteiger partial charge in [0.15, 0.2) is 0 Å². The summed E-state index contributed by atoms with van der Waals surface area (Å²) in [5.41, 5.74) is 0.569. The van der Waals surface area contributed by atoms with Gasteiger partial charge in [-0.2, -0.15) is 0 Å². The van der Waals surface area contributed by atoms with E-state index in [4.69, 9.17) is 0 Å². The van der Waals surface area contributed by atoms with Gasteiger partial charge in [-0.1, -0.05) is 0 Å². The number of H-pyrrole nitrogens is 1. The Morgan fingerprint density at radius 3 is 3.12 bits per heavy atom. The lowest BCUT2D eigenvalue weighted by atomic mass is 10.1. The summed E-state index contributed by atoms with van der Waals surface area (Å²) in [4.78, 5) is 20.6. The maximum absolute atomic E-state index is 12.1. The van der Waals surface area contributed by atoms with Crippen molar-refractivity contribution in [1.29, 1.82) is 0 Å². The molecule has 0 radical (unpaired) electrons. The molecule has 2 heterocycles. The molecule has 1 aromatic rings. The Morgan fingerprint density at radius 2 is 2.38 bits per heavy atom. The highest BCUT2D eigenvalue weighted by molar-refractivity contribution is 5.92. The molecule has 0 aliphatic carbocycles. The van der Waals surface area contributed by atoms with Crippen molar-refractivity contribution in [3.05, 3.63) is 18.2 Å². The molecule has 5 nitrogen and oxygen atoms in total. The average Bonchev–Trinajstić information content (AvgIpc) is 2.70. The van der Waals surface area contributed by atoms with E-state index in [1.807, 2.05) is 11.9 Å². The molecule has 1 aliphatic rings. The summed E-state index contributed by atoms with van der Waals surface area (Å²) >= 11 is 0. The highest BCUT2D eigenvalue weighted by Crippen LogP contribution is 2.13. The van der Waals surface area contributed by atoms with Gasteiger partial charge in [0.2, 0.25) is 0 Å². The van der Waals surface area contributed by atoms with Crippen LogP contribution in [0.2, 0.25) is 0 Å². The standard InChI is InChI=1S/C11H18N4O/c1-15(9-3-2-5-12-6-4-9)11(16)10-7-13-8-14-10/h7-9,12H,2-6H2,1H3,(H,13,14). The van der Waals surface area contributed by atoms with Crippen LogP contribution >= 0.6 is 0 Å². The molecule has 0 saturated carbocycles. The minimum Gasteiger partial charge on any atom is -0.341 e. The van der Waals surface area contributed by atoms with Crippen LogP contribution in [0.4, 0.5) is 0 Å². The predicted molar refractivity (Wildman–Crippen MR) is 61.2 cm³/mol. The van der Waals surface area contributed by atoms with Crippen LogP contribution in [0.1, 0.15) is 29.8 Å². The molecular formula is C11H18N4O. The molecule has 1 aromatic heterocycles. The van der Waals surface area contributed by atoms with E-state index in [-0.39, 0.29) is 5.91 Å². The Hall–Kier alpha value is -1.36. The number of amides is 1. The Bertz CT molecular complexity index is 328. The van der Waals surface area contributed by atoms with E-state index >= 15 is 0 Å². The molecule has 88 valence electrons. The number of carbonyl (C=O) groups is 1. The monoisotopic (exact) mass is 222 g/mol. The molecule has 0 aromatic carbocycles. The molecule has 1 saturated heterocycles. The van der Waals surface area contributed by atoms with Crippen LogP contribution in [0.3, 0.4) is 0 Å². The van der Waals surface area contributed by atoms with Crippen LogP contribution in [0.25, 0.3) is 0 Å². The van der Waals surface area contributed by atoms with E-state index in [0.29, 0.717) is 11.7 Å².